The van der Waals surface area contributed by atoms with E-state index in [1.807, 2.05) is 35.0 Å². The zero-order valence-electron chi connectivity index (χ0n) is 15.8. The highest BCUT2D eigenvalue weighted by Crippen LogP contribution is 2.41. The summed E-state index contributed by atoms with van der Waals surface area (Å²) in [7, 11) is 0. The molecule has 1 aliphatic rings. The van der Waals surface area contributed by atoms with E-state index in [9.17, 15) is 0 Å². The summed E-state index contributed by atoms with van der Waals surface area (Å²) in [5.74, 6) is -0.245. The van der Waals surface area contributed by atoms with Crippen molar-refractivity contribution in [2.24, 2.45) is 0 Å². The van der Waals surface area contributed by atoms with Crippen LogP contribution in [0.25, 0.3) is 0 Å². The van der Waals surface area contributed by atoms with E-state index in [1.165, 1.54) is 4.90 Å². The second kappa shape index (κ2) is 8.58. The Balaban J connectivity index is 1.55. The van der Waals surface area contributed by atoms with E-state index in [4.69, 9.17) is 38.4 Å². The number of imidazole rings is 1. The predicted molar refractivity (Wildman–Crippen MR) is 118 cm³/mol. The van der Waals surface area contributed by atoms with Crippen LogP contribution in [0.2, 0.25) is 10.0 Å². The molecule has 0 aliphatic carbocycles. The molecule has 3 aromatic rings. The van der Waals surface area contributed by atoms with Crippen molar-refractivity contribution in [3.05, 3.63) is 76.3 Å². The average Bonchev–Trinajstić information content (AvgIpc) is 3.32. The lowest BCUT2D eigenvalue weighted by Gasteiger charge is -2.30. The minimum absolute atomic E-state index is 0.0905. The van der Waals surface area contributed by atoms with Gasteiger partial charge < -0.3 is 19.8 Å². The van der Waals surface area contributed by atoms with E-state index in [2.05, 4.69) is 11.9 Å². The van der Waals surface area contributed by atoms with Crippen molar-refractivity contribution in [3.63, 3.8) is 0 Å². The first-order valence-electron chi connectivity index (χ1n) is 9.17. The molecule has 152 valence electrons. The fourth-order valence-corrected chi connectivity index (χ4v) is 4.93. The molecule has 1 saturated heterocycles. The van der Waals surface area contributed by atoms with Gasteiger partial charge in [0, 0.05) is 39.3 Å². The summed E-state index contributed by atoms with van der Waals surface area (Å²) in [6.45, 7) is 2.96. The summed E-state index contributed by atoms with van der Waals surface area (Å²) in [6, 6.07) is 11.3. The SMILES string of the molecule is Cc1cc(N)ccc1SC[C@@H]1CO[C@@](Cn2ccnc2)(c2ccc(Cl)cc2Cl)O1. The van der Waals surface area contributed by atoms with Gasteiger partial charge in [0.2, 0.25) is 5.79 Å². The van der Waals surface area contributed by atoms with E-state index in [1.54, 1.807) is 36.4 Å². The van der Waals surface area contributed by atoms with Crippen LogP contribution in [-0.4, -0.2) is 28.0 Å². The van der Waals surface area contributed by atoms with Gasteiger partial charge in [0.25, 0.3) is 0 Å². The molecule has 29 heavy (non-hydrogen) atoms. The number of thioether (sulfide) groups is 1. The second-order valence-electron chi connectivity index (χ2n) is 7.00. The molecule has 0 saturated carbocycles. The van der Waals surface area contributed by atoms with Crippen LogP contribution in [0.5, 0.6) is 0 Å². The molecule has 0 radical (unpaired) electrons. The number of nitrogens with two attached hydrogens (primary N) is 1. The first-order valence-corrected chi connectivity index (χ1v) is 10.9. The Hall–Kier alpha value is -1.70. The van der Waals surface area contributed by atoms with Gasteiger partial charge in [0.15, 0.2) is 0 Å². The minimum Gasteiger partial charge on any atom is -0.399 e. The molecule has 0 spiro atoms. The molecule has 0 bridgehead atoms. The standard InChI is InChI=1S/C21H21Cl2N3O2S/c1-14-8-16(24)3-5-20(14)29-11-17-10-27-21(28-17,12-26-7-6-25-13-26)18-4-2-15(22)9-19(18)23/h2-9,13,17H,10-12,24H2,1H3/t17-,21+/m0/s1. The van der Waals surface area contributed by atoms with Crippen LogP contribution >= 0.6 is 35.0 Å². The maximum atomic E-state index is 6.51. The Morgan fingerprint density at radius 1 is 1.28 bits per heavy atom. The first kappa shape index (κ1) is 20.6. The Labute approximate surface area is 184 Å². The van der Waals surface area contributed by atoms with Crippen LogP contribution in [0.15, 0.2) is 60.0 Å². The summed E-state index contributed by atoms with van der Waals surface area (Å²) in [4.78, 5) is 5.30. The summed E-state index contributed by atoms with van der Waals surface area (Å²) >= 11 is 14.3. The fraction of sp³-hybridized carbons (Fsp3) is 0.286. The first-order chi connectivity index (χ1) is 13.9. The van der Waals surface area contributed by atoms with E-state index in [0.29, 0.717) is 23.2 Å². The van der Waals surface area contributed by atoms with Gasteiger partial charge in [-0.25, -0.2) is 4.98 Å². The van der Waals surface area contributed by atoms with E-state index in [0.717, 1.165) is 22.6 Å². The monoisotopic (exact) mass is 449 g/mol. The zero-order chi connectivity index (χ0) is 20.4. The highest BCUT2D eigenvalue weighted by molar-refractivity contribution is 7.99. The lowest BCUT2D eigenvalue weighted by molar-refractivity contribution is -0.184. The molecule has 4 rings (SSSR count). The van der Waals surface area contributed by atoms with Crippen molar-refractivity contribution in [2.75, 3.05) is 18.1 Å². The summed E-state index contributed by atoms with van der Waals surface area (Å²) in [5.41, 5.74) is 8.53. The Morgan fingerprint density at radius 3 is 2.86 bits per heavy atom. The molecule has 1 fully saturated rings. The van der Waals surface area contributed by atoms with Gasteiger partial charge in [-0.3, -0.25) is 0 Å². The third-order valence-corrected chi connectivity index (χ3v) is 6.63. The number of benzene rings is 2. The number of nitrogen functional groups attached to an aromatic ring is 1. The van der Waals surface area contributed by atoms with Gasteiger partial charge in [-0.15, -0.1) is 11.8 Å². The molecule has 2 aromatic carbocycles. The van der Waals surface area contributed by atoms with Crippen LogP contribution in [-0.2, 0) is 21.8 Å². The number of halogens is 2. The number of hydrogen-bond acceptors (Lipinski definition) is 5. The predicted octanol–water partition coefficient (Wildman–Crippen LogP) is 5.14. The minimum atomic E-state index is -0.996. The lowest BCUT2D eigenvalue weighted by Crippen LogP contribution is -2.34. The normalized spacial score (nSPS) is 21.6. The molecule has 1 aromatic heterocycles. The van der Waals surface area contributed by atoms with Gasteiger partial charge in [-0.2, -0.15) is 0 Å². The van der Waals surface area contributed by atoms with Gasteiger partial charge in [0.05, 0.1) is 30.6 Å². The van der Waals surface area contributed by atoms with Crippen molar-refractivity contribution < 1.29 is 9.47 Å². The Kier molecular flexibility index (Phi) is 6.08. The average molecular weight is 450 g/mol. The topological polar surface area (TPSA) is 62.3 Å². The molecule has 0 amide bonds. The van der Waals surface area contributed by atoms with E-state index in [-0.39, 0.29) is 6.10 Å². The Bertz CT molecular complexity index is 1000. The van der Waals surface area contributed by atoms with Crippen LogP contribution in [0.3, 0.4) is 0 Å². The summed E-state index contributed by atoms with van der Waals surface area (Å²) < 4.78 is 14.6. The van der Waals surface area contributed by atoms with Gasteiger partial charge in [0.1, 0.15) is 0 Å². The van der Waals surface area contributed by atoms with Gasteiger partial charge in [-0.1, -0.05) is 29.3 Å². The molecular formula is C21H21Cl2N3O2S. The fourth-order valence-electron chi connectivity index (χ4n) is 3.39. The molecule has 8 heteroatoms. The summed E-state index contributed by atoms with van der Waals surface area (Å²) in [6.07, 6.45) is 5.24. The molecule has 2 N–H and O–H groups in total. The molecule has 5 nitrogen and oxygen atoms in total. The molecule has 1 aliphatic heterocycles. The third-order valence-electron chi connectivity index (χ3n) is 4.77. The number of nitrogens with zero attached hydrogens (tertiary/aromatic N) is 2. The number of rotatable bonds is 6. The molecule has 0 unspecified atom stereocenters. The molecule has 2 atom stereocenters. The number of aromatic nitrogens is 2. The van der Waals surface area contributed by atoms with Crippen LogP contribution in [0.4, 0.5) is 5.69 Å². The van der Waals surface area contributed by atoms with Crippen LogP contribution < -0.4 is 5.73 Å². The van der Waals surface area contributed by atoms with Crippen molar-refractivity contribution >= 4 is 40.7 Å². The zero-order valence-corrected chi connectivity index (χ0v) is 18.2. The summed E-state index contributed by atoms with van der Waals surface area (Å²) in [5, 5.41) is 1.08. The maximum Gasteiger partial charge on any atom is 0.215 e. The third kappa shape index (κ3) is 4.57. The highest BCUT2D eigenvalue weighted by atomic mass is 35.5. The smallest absolute Gasteiger partial charge is 0.215 e. The van der Waals surface area contributed by atoms with Crippen molar-refractivity contribution in [1.29, 1.82) is 0 Å². The Morgan fingerprint density at radius 2 is 2.14 bits per heavy atom. The van der Waals surface area contributed by atoms with Crippen molar-refractivity contribution in [2.45, 2.75) is 30.3 Å². The second-order valence-corrected chi connectivity index (χ2v) is 8.90. The number of hydrogen-bond donors (Lipinski definition) is 1. The molecular weight excluding hydrogens is 429 g/mol. The van der Waals surface area contributed by atoms with Crippen LogP contribution in [0, 0.1) is 6.92 Å². The van der Waals surface area contributed by atoms with E-state index >= 15 is 0 Å². The number of ether oxygens (including phenoxy) is 2. The largest absolute Gasteiger partial charge is 0.399 e. The maximum absolute atomic E-state index is 6.51. The lowest BCUT2D eigenvalue weighted by atomic mass is 10.1. The van der Waals surface area contributed by atoms with Crippen molar-refractivity contribution in [3.8, 4) is 0 Å². The molecule has 2 heterocycles. The number of anilines is 1. The van der Waals surface area contributed by atoms with Crippen LogP contribution in [0.1, 0.15) is 11.1 Å². The number of aryl methyl sites for hydroxylation is 1. The van der Waals surface area contributed by atoms with E-state index < -0.39 is 5.79 Å². The quantitative estimate of drug-likeness (QED) is 0.416. The highest BCUT2D eigenvalue weighted by Gasteiger charge is 2.45. The van der Waals surface area contributed by atoms with Gasteiger partial charge >= 0.3 is 0 Å². The van der Waals surface area contributed by atoms with Gasteiger partial charge in [-0.05, 0) is 42.8 Å². The van der Waals surface area contributed by atoms with Crippen molar-refractivity contribution in [1.82, 2.24) is 9.55 Å².